The van der Waals surface area contributed by atoms with E-state index in [0.29, 0.717) is 27.5 Å². The van der Waals surface area contributed by atoms with E-state index in [1.807, 2.05) is 12.1 Å². The van der Waals surface area contributed by atoms with E-state index in [9.17, 15) is 9.18 Å². The number of nitrogens with zero attached hydrogens (tertiary/aromatic N) is 4. The summed E-state index contributed by atoms with van der Waals surface area (Å²) in [4.78, 5) is 12.4. The van der Waals surface area contributed by atoms with E-state index in [-0.39, 0.29) is 17.8 Å². The Labute approximate surface area is 146 Å². The maximum atomic E-state index is 13.9. The number of nitrogens with one attached hydrogen (secondary N) is 1. The van der Waals surface area contributed by atoms with Crippen molar-refractivity contribution in [2.24, 2.45) is 7.05 Å². The molecule has 6 nitrogen and oxygen atoms in total. The van der Waals surface area contributed by atoms with Crippen LogP contribution >= 0.6 is 11.6 Å². The third-order valence-electron chi connectivity index (χ3n) is 4.06. The predicted molar refractivity (Wildman–Crippen MR) is 94.5 cm³/mol. The molecule has 0 atom stereocenters. The van der Waals surface area contributed by atoms with Crippen molar-refractivity contribution < 1.29 is 4.39 Å². The lowest BCUT2D eigenvalue weighted by atomic mass is 10.2. The second-order valence-electron chi connectivity index (χ2n) is 5.61. The van der Waals surface area contributed by atoms with E-state index in [0.717, 1.165) is 0 Å². The molecule has 0 amide bonds. The predicted octanol–water partition coefficient (Wildman–Crippen LogP) is 2.99. The van der Waals surface area contributed by atoms with Crippen LogP contribution in [0.25, 0.3) is 16.7 Å². The van der Waals surface area contributed by atoms with Gasteiger partial charge in [-0.25, -0.2) is 4.39 Å². The van der Waals surface area contributed by atoms with Crippen LogP contribution in [-0.4, -0.2) is 19.2 Å². The lowest BCUT2D eigenvalue weighted by Gasteiger charge is -2.09. The number of hydrogen-bond donors (Lipinski definition) is 1. The van der Waals surface area contributed by atoms with Crippen LogP contribution in [-0.2, 0) is 13.6 Å². The van der Waals surface area contributed by atoms with E-state index in [4.69, 9.17) is 11.6 Å². The highest BCUT2D eigenvalue weighted by Gasteiger charge is 2.14. The summed E-state index contributed by atoms with van der Waals surface area (Å²) in [5.41, 5.74) is 0.836. The van der Waals surface area contributed by atoms with Gasteiger partial charge in [-0.15, -0.1) is 10.2 Å². The molecule has 2 aromatic heterocycles. The Morgan fingerprint density at radius 2 is 2.00 bits per heavy atom. The molecule has 2 heterocycles. The van der Waals surface area contributed by atoms with Crippen molar-refractivity contribution in [1.82, 2.24) is 19.2 Å². The SMILES string of the molecule is Cn1c(=O)c2ccccc2n2c(CNc3cc(Cl)ccc3F)nnc12. The summed E-state index contributed by atoms with van der Waals surface area (Å²) in [6.45, 7) is 0.223. The molecule has 0 unspecified atom stereocenters. The molecule has 2 aromatic carbocycles. The first-order valence-corrected chi connectivity index (χ1v) is 7.95. The maximum Gasteiger partial charge on any atom is 0.262 e. The molecule has 0 aliphatic heterocycles. The van der Waals surface area contributed by atoms with Crippen LogP contribution in [0.3, 0.4) is 0 Å². The van der Waals surface area contributed by atoms with Crippen LogP contribution in [0.5, 0.6) is 0 Å². The molecular formula is C17H13ClFN5O. The fourth-order valence-electron chi connectivity index (χ4n) is 2.81. The monoisotopic (exact) mass is 357 g/mol. The van der Waals surface area contributed by atoms with Crippen LogP contribution in [0, 0.1) is 5.82 Å². The van der Waals surface area contributed by atoms with Crippen LogP contribution in [0.15, 0.2) is 47.3 Å². The van der Waals surface area contributed by atoms with Gasteiger partial charge in [-0.1, -0.05) is 23.7 Å². The first kappa shape index (κ1) is 15.6. The van der Waals surface area contributed by atoms with Crippen molar-refractivity contribution in [2.75, 3.05) is 5.32 Å². The maximum absolute atomic E-state index is 13.9. The first-order chi connectivity index (χ1) is 12.1. The zero-order valence-electron chi connectivity index (χ0n) is 13.2. The molecule has 0 saturated carbocycles. The van der Waals surface area contributed by atoms with Gasteiger partial charge in [0, 0.05) is 12.1 Å². The third-order valence-corrected chi connectivity index (χ3v) is 4.29. The van der Waals surface area contributed by atoms with Crippen LogP contribution in [0.2, 0.25) is 5.02 Å². The average Bonchev–Trinajstić information content (AvgIpc) is 3.05. The van der Waals surface area contributed by atoms with E-state index < -0.39 is 5.82 Å². The minimum absolute atomic E-state index is 0.143. The Kier molecular flexibility index (Phi) is 3.65. The Balaban J connectivity index is 1.83. The number of halogens is 2. The minimum atomic E-state index is -0.407. The Bertz CT molecular complexity index is 1170. The van der Waals surface area contributed by atoms with Gasteiger partial charge >= 0.3 is 0 Å². The Morgan fingerprint density at radius 3 is 2.84 bits per heavy atom. The molecule has 0 saturated heterocycles. The molecule has 8 heteroatoms. The lowest BCUT2D eigenvalue weighted by Crippen LogP contribution is -2.20. The number of anilines is 1. The fraction of sp³-hybridized carbons (Fsp3) is 0.118. The zero-order chi connectivity index (χ0) is 17.6. The third kappa shape index (κ3) is 2.53. The number of hydrogen-bond acceptors (Lipinski definition) is 4. The van der Waals surface area contributed by atoms with Gasteiger partial charge in [0.15, 0.2) is 5.82 Å². The summed E-state index contributed by atoms with van der Waals surface area (Å²) in [7, 11) is 1.65. The van der Waals surface area contributed by atoms with Gasteiger partial charge < -0.3 is 5.32 Å². The number of rotatable bonds is 3. The van der Waals surface area contributed by atoms with Crippen LogP contribution in [0.1, 0.15) is 5.82 Å². The van der Waals surface area contributed by atoms with Gasteiger partial charge in [0.1, 0.15) is 5.82 Å². The smallest absolute Gasteiger partial charge is 0.262 e. The summed E-state index contributed by atoms with van der Waals surface area (Å²) in [5.74, 6) is 0.573. The molecule has 0 aliphatic rings. The number of aromatic nitrogens is 4. The molecular weight excluding hydrogens is 345 g/mol. The molecule has 0 radical (unpaired) electrons. The van der Waals surface area contributed by atoms with Crippen molar-refractivity contribution in [3.63, 3.8) is 0 Å². The molecule has 0 spiro atoms. The van der Waals surface area contributed by atoms with Crippen LogP contribution < -0.4 is 10.9 Å². The van der Waals surface area contributed by atoms with E-state index in [1.54, 1.807) is 23.6 Å². The number of fused-ring (bicyclic) bond motifs is 3. The van der Waals surface area contributed by atoms with Gasteiger partial charge in [-0.05, 0) is 30.3 Å². The molecule has 0 bridgehead atoms. The highest BCUT2D eigenvalue weighted by Crippen LogP contribution is 2.21. The summed E-state index contributed by atoms with van der Waals surface area (Å²) >= 11 is 5.91. The quantitative estimate of drug-likeness (QED) is 0.612. The highest BCUT2D eigenvalue weighted by molar-refractivity contribution is 6.30. The molecule has 1 N–H and O–H groups in total. The van der Waals surface area contributed by atoms with Crippen molar-refractivity contribution >= 4 is 34.0 Å². The summed E-state index contributed by atoms with van der Waals surface area (Å²) < 4.78 is 17.1. The van der Waals surface area contributed by atoms with E-state index in [1.165, 1.54) is 22.8 Å². The minimum Gasteiger partial charge on any atom is -0.375 e. The Morgan fingerprint density at radius 1 is 1.20 bits per heavy atom. The van der Waals surface area contributed by atoms with Crippen molar-refractivity contribution in [3.8, 4) is 0 Å². The lowest BCUT2D eigenvalue weighted by molar-refractivity contribution is 0.629. The Hall–Kier alpha value is -2.93. The van der Waals surface area contributed by atoms with E-state index in [2.05, 4.69) is 15.5 Å². The van der Waals surface area contributed by atoms with Crippen LogP contribution in [0.4, 0.5) is 10.1 Å². The first-order valence-electron chi connectivity index (χ1n) is 7.57. The molecule has 25 heavy (non-hydrogen) atoms. The van der Waals surface area contributed by atoms with Gasteiger partial charge in [-0.2, -0.15) is 0 Å². The summed E-state index contributed by atoms with van der Waals surface area (Å²) in [5, 5.41) is 12.2. The van der Waals surface area contributed by atoms with E-state index >= 15 is 0 Å². The highest BCUT2D eigenvalue weighted by atomic mass is 35.5. The molecule has 126 valence electrons. The van der Waals surface area contributed by atoms with Crippen molar-refractivity contribution in [1.29, 1.82) is 0 Å². The molecule has 4 rings (SSSR count). The number of aryl methyl sites for hydroxylation is 1. The number of benzene rings is 2. The average molecular weight is 358 g/mol. The van der Waals surface area contributed by atoms with Gasteiger partial charge in [-0.3, -0.25) is 13.8 Å². The van der Waals surface area contributed by atoms with Crippen molar-refractivity contribution in [2.45, 2.75) is 6.54 Å². The molecule has 0 aliphatic carbocycles. The normalized spacial score (nSPS) is 11.3. The topological polar surface area (TPSA) is 64.2 Å². The zero-order valence-corrected chi connectivity index (χ0v) is 14.0. The second kappa shape index (κ2) is 5.86. The summed E-state index contributed by atoms with van der Waals surface area (Å²) in [6, 6.07) is 11.5. The summed E-state index contributed by atoms with van der Waals surface area (Å²) in [6.07, 6.45) is 0. The van der Waals surface area contributed by atoms with Gasteiger partial charge in [0.25, 0.3) is 5.56 Å². The largest absolute Gasteiger partial charge is 0.375 e. The standard InChI is InChI=1S/C17H13ClFN5O/c1-23-16(25)11-4-2-3-5-14(11)24-15(21-22-17(23)24)9-20-13-8-10(18)6-7-12(13)19/h2-8,20H,9H2,1H3. The molecule has 4 aromatic rings. The molecule has 0 fully saturated rings. The van der Waals surface area contributed by atoms with Gasteiger partial charge in [0.2, 0.25) is 5.78 Å². The fourth-order valence-corrected chi connectivity index (χ4v) is 2.99. The number of para-hydroxylation sites is 1. The second-order valence-corrected chi connectivity index (χ2v) is 6.05. The van der Waals surface area contributed by atoms with Gasteiger partial charge in [0.05, 0.1) is 23.1 Å². The van der Waals surface area contributed by atoms with Crippen molar-refractivity contribution in [3.05, 3.63) is 69.5 Å².